The molecule has 1 aliphatic rings. The highest BCUT2D eigenvalue weighted by Gasteiger charge is 2.21. The summed E-state index contributed by atoms with van der Waals surface area (Å²) in [7, 11) is 0. The van der Waals surface area contributed by atoms with Gasteiger partial charge >= 0.3 is 0 Å². The van der Waals surface area contributed by atoms with E-state index in [2.05, 4.69) is 14.9 Å². The predicted molar refractivity (Wildman–Crippen MR) is 92.6 cm³/mol. The van der Waals surface area contributed by atoms with Crippen molar-refractivity contribution in [2.45, 2.75) is 0 Å². The molecule has 0 aliphatic carbocycles. The number of hydrogen-bond donors (Lipinski definition) is 1. The molecule has 0 radical (unpaired) electrons. The van der Waals surface area contributed by atoms with Gasteiger partial charge in [0.05, 0.1) is 17.6 Å². The number of piperazine rings is 1. The Morgan fingerprint density at radius 1 is 1.13 bits per heavy atom. The van der Waals surface area contributed by atoms with Crippen LogP contribution in [0.2, 0.25) is 5.02 Å². The van der Waals surface area contributed by atoms with Gasteiger partial charge in [0.25, 0.3) is 5.56 Å². The molecule has 7 heteroatoms. The highest BCUT2D eigenvalue weighted by molar-refractivity contribution is 6.33. The van der Waals surface area contributed by atoms with Crippen LogP contribution in [0.3, 0.4) is 0 Å². The molecule has 1 aliphatic heterocycles. The maximum Gasteiger partial charge on any atom is 0.292 e. The minimum Gasteiger partial charge on any atom is -0.366 e. The standard InChI is InChI=1S/C16H20ClN5O/c17-15-14(21-10-8-20(7-6-18)9-11-21)12-19-22(16(15)23)13-4-2-1-3-5-13/h1-5,12H,6-11,18H2. The van der Waals surface area contributed by atoms with Crippen molar-refractivity contribution in [3.8, 4) is 5.69 Å². The van der Waals surface area contributed by atoms with Crippen LogP contribution >= 0.6 is 11.6 Å². The Morgan fingerprint density at radius 2 is 1.83 bits per heavy atom. The Labute approximate surface area is 140 Å². The van der Waals surface area contributed by atoms with E-state index in [4.69, 9.17) is 17.3 Å². The van der Waals surface area contributed by atoms with Crippen LogP contribution in [0.5, 0.6) is 0 Å². The van der Waals surface area contributed by atoms with E-state index in [0.29, 0.717) is 17.9 Å². The van der Waals surface area contributed by atoms with Crippen LogP contribution in [0, 0.1) is 0 Å². The number of para-hydroxylation sites is 1. The van der Waals surface area contributed by atoms with Crippen LogP contribution in [0.25, 0.3) is 5.69 Å². The minimum atomic E-state index is -0.292. The van der Waals surface area contributed by atoms with Gasteiger partial charge in [0.1, 0.15) is 5.02 Å². The average Bonchev–Trinajstić information content (AvgIpc) is 2.59. The molecule has 1 aromatic carbocycles. The molecule has 0 atom stereocenters. The summed E-state index contributed by atoms with van der Waals surface area (Å²) in [4.78, 5) is 16.9. The van der Waals surface area contributed by atoms with Gasteiger partial charge in [-0.25, -0.2) is 0 Å². The van der Waals surface area contributed by atoms with E-state index in [-0.39, 0.29) is 10.6 Å². The lowest BCUT2D eigenvalue weighted by Gasteiger charge is -2.35. The second-order valence-corrected chi connectivity index (χ2v) is 5.89. The Kier molecular flexibility index (Phi) is 4.95. The zero-order valence-corrected chi connectivity index (χ0v) is 13.6. The van der Waals surface area contributed by atoms with Gasteiger partial charge in [-0.3, -0.25) is 9.69 Å². The average molecular weight is 334 g/mol. The molecule has 0 saturated carbocycles. The fraction of sp³-hybridized carbons (Fsp3) is 0.375. The van der Waals surface area contributed by atoms with Crippen molar-refractivity contribution < 1.29 is 0 Å². The molecule has 23 heavy (non-hydrogen) atoms. The van der Waals surface area contributed by atoms with Gasteiger partial charge in [-0.1, -0.05) is 29.8 Å². The highest BCUT2D eigenvalue weighted by Crippen LogP contribution is 2.22. The second kappa shape index (κ2) is 7.12. The molecule has 3 rings (SSSR count). The molecular weight excluding hydrogens is 314 g/mol. The highest BCUT2D eigenvalue weighted by atomic mass is 35.5. The molecule has 1 aromatic heterocycles. The summed E-state index contributed by atoms with van der Waals surface area (Å²) in [5, 5.41) is 4.50. The number of aromatic nitrogens is 2. The summed E-state index contributed by atoms with van der Waals surface area (Å²) in [5.74, 6) is 0. The molecule has 2 N–H and O–H groups in total. The topological polar surface area (TPSA) is 67.4 Å². The maximum absolute atomic E-state index is 12.5. The Morgan fingerprint density at radius 3 is 2.48 bits per heavy atom. The van der Waals surface area contributed by atoms with E-state index in [0.717, 1.165) is 32.7 Å². The summed E-state index contributed by atoms with van der Waals surface area (Å²) in [6.45, 7) is 5.02. The third-order valence-corrected chi connectivity index (χ3v) is 4.41. The summed E-state index contributed by atoms with van der Waals surface area (Å²) in [5.41, 5.74) is 6.71. The molecular formula is C16H20ClN5O. The molecule has 0 amide bonds. The number of nitrogens with two attached hydrogens (primary N) is 1. The predicted octanol–water partition coefficient (Wildman–Crippen LogP) is 0.967. The summed E-state index contributed by atoms with van der Waals surface area (Å²) >= 11 is 6.33. The summed E-state index contributed by atoms with van der Waals surface area (Å²) in [6, 6.07) is 9.28. The first-order valence-electron chi connectivity index (χ1n) is 7.71. The first-order valence-corrected chi connectivity index (χ1v) is 8.09. The van der Waals surface area contributed by atoms with Crippen molar-refractivity contribution >= 4 is 17.3 Å². The molecule has 0 spiro atoms. The fourth-order valence-electron chi connectivity index (χ4n) is 2.79. The molecule has 2 aromatic rings. The monoisotopic (exact) mass is 333 g/mol. The lowest BCUT2D eigenvalue weighted by Crippen LogP contribution is -2.48. The van der Waals surface area contributed by atoms with Gasteiger partial charge < -0.3 is 10.6 Å². The molecule has 1 fully saturated rings. The third kappa shape index (κ3) is 3.39. The van der Waals surface area contributed by atoms with Crippen LogP contribution < -0.4 is 16.2 Å². The summed E-state index contributed by atoms with van der Waals surface area (Å²) in [6.07, 6.45) is 1.68. The van der Waals surface area contributed by atoms with Crippen molar-refractivity contribution in [2.75, 3.05) is 44.2 Å². The van der Waals surface area contributed by atoms with E-state index >= 15 is 0 Å². The number of nitrogens with zero attached hydrogens (tertiary/aromatic N) is 4. The maximum atomic E-state index is 12.5. The van der Waals surface area contributed by atoms with E-state index in [1.807, 2.05) is 30.3 Å². The first-order chi connectivity index (χ1) is 11.2. The normalized spacial score (nSPS) is 15.8. The van der Waals surface area contributed by atoms with Gasteiger partial charge in [0.2, 0.25) is 0 Å². The smallest absolute Gasteiger partial charge is 0.292 e. The van der Waals surface area contributed by atoms with Gasteiger partial charge in [-0.2, -0.15) is 9.78 Å². The minimum absolute atomic E-state index is 0.219. The number of benzene rings is 1. The molecule has 1 saturated heterocycles. The number of rotatable bonds is 4. The van der Waals surface area contributed by atoms with Crippen LogP contribution in [0.15, 0.2) is 41.3 Å². The van der Waals surface area contributed by atoms with E-state index < -0.39 is 0 Å². The molecule has 6 nitrogen and oxygen atoms in total. The lowest BCUT2D eigenvalue weighted by molar-refractivity contribution is 0.265. The van der Waals surface area contributed by atoms with E-state index in [9.17, 15) is 4.79 Å². The SMILES string of the molecule is NCCN1CCN(c2cnn(-c3ccccc3)c(=O)c2Cl)CC1. The van der Waals surface area contributed by atoms with Crippen molar-refractivity contribution in [3.05, 3.63) is 51.9 Å². The Bertz CT molecular complexity index is 710. The van der Waals surface area contributed by atoms with Crippen molar-refractivity contribution in [1.29, 1.82) is 0 Å². The van der Waals surface area contributed by atoms with Crippen molar-refractivity contribution in [1.82, 2.24) is 14.7 Å². The zero-order chi connectivity index (χ0) is 16.2. The van der Waals surface area contributed by atoms with Gasteiger partial charge in [-0.15, -0.1) is 0 Å². The fourth-order valence-corrected chi connectivity index (χ4v) is 3.04. The third-order valence-electron chi connectivity index (χ3n) is 4.06. The van der Waals surface area contributed by atoms with Crippen molar-refractivity contribution in [3.63, 3.8) is 0 Å². The van der Waals surface area contributed by atoms with Crippen LogP contribution in [0.1, 0.15) is 0 Å². The molecule has 0 unspecified atom stereocenters. The Balaban J connectivity index is 1.83. The molecule has 2 heterocycles. The Hall–Kier alpha value is -1.89. The van der Waals surface area contributed by atoms with E-state index in [1.54, 1.807) is 6.20 Å². The first kappa shape index (κ1) is 16.0. The number of hydrogen-bond acceptors (Lipinski definition) is 5. The van der Waals surface area contributed by atoms with E-state index in [1.165, 1.54) is 4.68 Å². The zero-order valence-electron chi connectivity index (χ0n) is 12.9. The lowest BCUT2D eigenvalue weighted by atomic mass is 10.2. The number of anilines is 1. The molecule has 122 valence electrons. The number of halogens is 1. The second-order valence-electron chi connectivity index (χ2n) is 5.51. The van der Waals surface area contributed by atoms with Gasteiger partial charge in [0.15, 0.2) is 0 Å². The molecule has 0 bridgehead atoms. The van der Waals surface area contributed by atoms with Crippen LogP contribution in [-0.2, 0) is 0 Å². The quantitative estimate of drug-likeness (QED) is 0.903. The largest absolute Gasteiger partial charge is 0.366 e. The summed E-state index contributed by atoms with van der Waals surface area (Å²) < 4.78 is 1.33. The van der Waals surface area contributed by atoms with Crippen molar-refractivity contribution in [2.24, 2.45) is 5.73 Å². The van der Waals surface area contributed by atoms with Crippen LogP contribution in [0.4, 0.5) is 5.69 Å². The van der Waals surface area contributed by atoms with Gasteiger partial charge in [-0.05, 0) is 12.1 Å². The van der Waals surface area contributed by atoms with Crippen LogP contribution in [-0.4, -0.2) is 53.9 Å². The van der Waals surface area contributed by atoms with Gasteiger partial charge in [0, 0.05) is 39.3 Å².